The summed E-state index contributed by atoms with van der Waals surface area (Å²) >= 11 is 1.31. The van der Waals surface area contributed by atoms with E-state index >= 15 is 0 Å². The van der Waals surface area contributed by atoms with Crippen LogP contribution in [-0.2, 0) is 20.4 Å². The summed E-state index contributed by atoms with van der Waals surface area (Å²) in [4.78, 5) is 12.8. The molecule has 1 radical (unpaired) electrons. The van der Waals surface area contributed by atoms with E-state index in [2.05, 4.69) is 12.2 Å². The molecule has 7 heteroatoms. The normalized spacial score (nSPS) is 13.7. The van der Waals surface area contributed by atoms with Gasteiger partial charge in [-0.15, -0.1) is 11.3 Å². The lowest BCUT2D eigenvalue weighted by Crippen LogP contribution is -2.40. The molecule has 1 aromatic carbocycles. The van der Waals surface area contributed by atoms with Crippen LogP contribution < -0.4 is 5.32 Å². The Morgan fingerprint density at radius 2 is 1.96 bits per heavy atom. The van der Waals surface area contributed by atoms with E-state index in [-0.39, 0.29) is 5.75 Å². The summed E-state index contributed by atoms with van der Waals surface area (Å²) < 4.78 is 24.6. The van der Waals surface area contributed by atoms with Crippen LogP contribution in [0.1, 0.15) is 16.5 Å². The molecule has 0 aliphatic rings. The van der Waals surface area contributed by atoms with Gasteiger partial charge in [-0.3, -0.25) is 4.79 Å². The first kappa shape index (κ1) is 17.2. The number of thiophene rings is 1. The molecular formula is C16H15N2O3S2. The van der Waals surface area contributed by atoms with Gasteiger partial charge in [-0.2, -0.15) is 5.26 Å². The summed E-state index contributed by atoms with van der Waals surface area (Å²) in [5.41, 5.74) is 0.587. The number of sulfone groups is 1. The van der Waals surface area contributed by atoms with Gasteiger partial charge in [0.15, 0.2) is 15.9 Å². The highest BCUT2D eigenvalue weighted by molar-refractivity contribution is 7.92. The third-order valence-corrected chi connectivity index (χ3v) is 5.93. The minimum Gasteiger partial charge on any atom is -0.335 e. The first-order valence-electron chi connectivity index (χ1n) is 6.76. The Morgan fingerprint density at radius 1 is 1.26 bits per heavy atom. The molecule has 0 aliphatic heterocycles. The molecule has 1 unspecified atom stereocenters. The quantitative estimate of drug-likeness (QED) is 0.868. The summed E-state index contributed by atoms with van der Waals surface area (Å²) in [6, 6.07) is 13.1. The van der Waals surface area contributed by atoms with Crippen LogP contribution >= 0.6 is 11.3 Å². The van der Waals surface area contributed by atoms with Gasteiger partial charge in [0.2, 0.25) is 5.91 Å². The number of hydrogen-bond donors (Lipinski definition) is 1. The maximum Gasteiger partial charge on any atom is 0.239 e. The molecule has 0 aliphatic carbocycles. The monoisotopic (exact) mass is 347 g/mol. The van der Waals surface area contributed by atoms with E-state index in [1.165, 1.54) is 11.3 Å². The standard InChI is InChI=1S/C16H15N2O3S2/c1-12(23(20,21)11-13-6-3-2-4-7-13)16(19)18-14(10-17)15-8-5-9-22-15/h2-9,12,14H,1,11H2,(H,18,19)/t12-,14?/m1/s1. The number of amides is 1. The first-order chi connectivity index (χ1) is 10.9. The molecule has 2 rings (SSSR count). The highest BCUT2D eigenvalue weighted by Crippen LogP contribution is 2.19. The molecule has 119 valence electrons. The van der Waals surface area contributed by atoms with E-state index < -0.39 is 27.0 Å². The molecule has 0 spiro atoms. The van der Waals surface area contributed by atoms with Crippen molar-refractivity contribution in [2.45, 2.75) is 17.0 Å². The Kier molecular flexibility index (Phi) is 5.53. The van der Waals surface area contributed by atoms with Crippen LogP contribution in [0.15, 0.2) is 47.8 Å². The molecule has 0 saturated heterocycles. The van der Waals surface area contributed by atoms with Crippen molar-refractivity contribution in [1.29, 1.82) is 5.26 Å². The average Bonchev–Trinajstić information content (AvgIpc) is 3.06. The van der Waals surface area contributed by atoms with Crippen LogP contribution in [-0.4, -0.2) is 19.6 Å². The fourth-order valence-corrected chi connectivity index (χ4v) is 3.90. The maximum atomic E-state index is 12.3. The summed E-state index contributed by atoms with van der Waals surface area (Å²) in [5, 5.41) is 11.9. The van der Waals surface area contributed by atoms with E-state index in [1.54, 1.807) is 47.8 Å². The van der Waals surface area contributed by atoms with Gasteiger partial charge in [0.05, 0.1) is 11.8 Å². The van der Waals surface area contributed by atoms with E-state index in [4.69, 9.17) is 5.26 Å². The predicted molar refractivity (Wildman–Crippen MR) is 89.0 cm³/mol. The number of nitriles is 1. The number of hydrogen-bond acceptors (Lipinski definition) is 5. The summed E-state index contributed by atoms with van der Waals surface area (Å²) in [6.07, 6.45) is 0. The Morgan fingerprint density at radius 3 is 2.52 bits per heavy atom. The molecule has 1 amide bonds. The molecule has 2 atom stereocenters. The van der Waals surface area contributed by atoms with E-state index in [0.717, 1.165) is 0 Å². The van der Waals surface area contributed by atoms with E-state index in [9.17, 15) is 13.2 Å². The zero-order valence-electron chi connectivity index (χ0n) is 12.2. The third-order valence-electron chi connectivity index (χ3n) is 3.18. The summed E-state index contributed by atoms with van der Waals surface area (Å²) in [7, 11) is -3.76. The van der Waals surface area contributed by atoms with Crippen LogP contribution in [0.4, 0.5) is 0 Å². The molecular weight excluding hydrogens is 332 g/mol. The highest BCUT2D eigenvalue weighted by atomic mass is 32.2. The molecule has 0 saturated carbocycles. The second-order valence-corrected chi connectivity index (χ2v) is 8.03. The van der Waals surface area contributed by atoms with Crippen LogP contribution in [0.3, 0.4) is 0 Å². The molecule has 2 aromatic rings. The van der Waals surface area contributed by atoms with Crippen molar-refractivity contribution in [1.82, 2.24) is 5.32 Å². The zero-order chi connectivity index (χ0) is 16.9. The van der Waals surface area contributed by atoms with Crippen molar-refractivity contribution >= 4 is 27.1 Å². The first-order valence-corrected chi connectivity index (χ1v) is 9.35. The van der Waals surface area contributed by atoms with Crippen molar-refractivity contribution in [2.24, 2.45) is 0 Å². The largest absolute Gasteiger partial charge is 0.335 e. The Hall–Kier alpha value is -2.17. The lowest BCUT2D eigenvalue weighted by molar-refractivity contribution is -0.120. The smallest absolute Gasteiger partial charge is 0.239 e. The van der Waals surface area contributed by atoms with Crippen LogP contribution in [0, 0.1) is 18.3 Å². The number of rotatable bonds is 6. The van der Waals surface area contributed by atoms with Crippen molar-refractivity contribution in [2.75, 3.05) is 0 Å². The molecule has 1 N–H and O–H groups in total. The summed E-state index contributed by atoms with van der Waals surface area (Å²) in [6.45, 7) is 3.47. The van der Waals surface area contributed by atoms with Gasteiger partial charge >= 0.3 is 0 Å². The number of nitrogens with one attached hydrogen (secondary N) is 1. The van der Waals surface area contributed by atoms with Crippen LogP contribution in [0.2, 0.25) is 0 Å². The second-order valence-electron chi connectivity index (χ2n) is 4.87. The Labute approximate surface area is 139 Å². The van der Waals surface area contributed by atoms with Gasteiger partial charge < -0.3 is 5.32 Å². The lowest BCUT2D eigenvalue weighted by Gasteiger charge is -2.15. The van der Waals surface area contributed by atoms with Gasteiger partial charge in [0.1, 0.15) is 5.25 Å². The van der Waals surface area contributed by atoms with Gasteiger partial charge in [0.25, 0.3) is 0 Å². The topological polar surface area (TPSA) is 87.0 Å². The second kappa shape index (κ2) is 7.40. The zero-order valence-corrected chi connectivity index (χ0v) is 13.8. The maximum absolute atomic E-state index is 12.3. The van der Waals surface area contributed by atoms with Crippen molar-refractivity contribution in [3.05, 3.63) is 65.2 Å². The number of carbonyl (C=O) groups is 1. The minimum absolute atomic E-state index is 0.272. The number of carbonyl (C=O) groups excluding carboxylic acids is 1. The minimum atomic E-state index is -3.76. The van der Waals surface area contributed by atoms with Gasteiger partial charge in [-0.05, 0) is 23.9 Å². The van der Waals surface area contributed by atoms with E-state index in [0.29, 0.717) is 10.4 Å². The molecule has 5 nitrogen and oxygen atoms in total. The fraction of sp³-hybridized carbons (Fsp3) is 0.188. The average molecular weight is 347 g/mol. The summed E-state index contributed by atoms with van der Waals surface area (Å²) in [5.74, 6) is -1.05. The molecule has 0 fully saturated rings. The van der Waals surface area contributed by atoms with Crippen molar-refractivity contribution in [3.8, 4) is 6.07 Å². The molecule has 1 heterocycles. The molecule has 23 heavy (non-hydrogen) atoms. The molecule has 1 aromatic heterocycles. The molecule has 0 bridgehead atoms. The Balaban J connectivity index is 2.08. The number of benzene rings is 1. The van der Waals surface area contributed by atoms with Crippen molar-refractivity contribution < 1.29 is 13.2 Å². The lowest BCUT2D eigenvalue weighted by atomic mass is 10.2. The van der Waals surface area contributed by atoms with Gasteiger partial charge in [0, 0.05) is 4.88 Å². The fourth-order valence-electron chi connectivity index (χ4n) is 1.93. The SMILES string of the molecule is [CH2][C@H](C(=O)NC(C#N)c1cccs1)S(=O)(=O)Cc1ccccc1. The third kappa shape index (κ3) is 4.41. The Bertz CT molecular complexity index is 794. The van der Waals surface area contributed by atoms with Crippen LogP contribution in [0.5, 0.6) is 0 Å². The number of nitrogens with zero attached hydrogens (tertiary/aromatic N) is 1. The highest BCUT2D eigenvalue weighted by Gasteiger charge is 2.30. The van der Waals surface area contributed by atoms with Gasteiger partial charge in [-0.25, -0.2) is 8.42 Å². The van der Waals surface area contributed by atoms with E-state index in [1.807, 2.05) is 6.07 Å². The van der Waals surface area contributed by atoms with Crippen LogP contribution in [0.25, 0.3) is 0 Å². The van der Waals surface area contributed by atoms with Crippen molar-refractivity contribution in [3.63, 3.8) is 0 Å². The predicted octanol–water partition coefficient (Wildman–Crippen LogP) is 2.25. The van der Waals surface area contributed by atoms with Gasteiger partial charge in [-0.1, -0.05) is 36.4 Å².